The highest BCUT2D eigenvalue weighted by Crippen LogP contribution is 2.19. The number of carbonyl (C=O) groups is 2. The Bertz CT molecular complexity index is 888. The third-order valence-corrected chi connectivity index (χ3v) is 6.16. The van der Waals surface area contributed by atoms with Crippen LogP contribution < -0.4 is 10.1 Å². The summed E-state index contributed by atoms with van der Waals surface area (Å²) in [6.45, 7) is 6.29. The van der Waals surface area contributed by atoms with Gasteiger partial charge in [-0.25, -0.2) is 0 Å². The molecular weight excluding hydrogens is 400 g/mol. The van der Waals surface area contributed by atoms with Gasteiger partial charge >= 0.3 is 0 Å². The van der Waals surface area contributed by atoms with Crippen molar-refractivity contribution in [3.63, 3.8) is 0 Å². The zero-order valence-corrected chi connectivity index (χ0v) is 19.6. The lowest BCUT2D eigenvalue weighted by Crippen LogP contribution is -2.52. The van der Waals surface area contributed by atoms with Gasteiger partial charge in [-0.3, -0.25) is 9.59 Å². The van der Waals surface area contributed by atoms with Crippen LogP contribution in [0.3, 0.4) is 0 Å². The molecule has 5 nitrogen and oxygen atoms in total. The summed E-state index contributed by atoms with van der Waals surface area (Å²) in [5.74, 6) is 0.410. The van der Waals surface area contributed by atoms with Gasteiger partial charge in [-0.05, 0) is 50.8 Å². The maximum atomic E-state index is 13.3. The summed E-state index contributed by atoms with van der Waals surface area (Å²) in [6, 6.07) is 15.4. The van der Waals surface area contributed by atoms with E-state index >= 15 is 0 Å². The maximum absolute atomic E-state index is 13.3. The van der Waals surface area contributed by atoms with Crippen molar-refractivity contribution in [1.82, 2.24) is 10.2 Å². The average Bonchev–Trinajstić information content (AvgIpc) is 2.79. The molecule has 2 aromatic rings. The van der Waals surface area contributed by atoms with Crippen LogP contribution in [0.2, 0.25) is 0 Å². The van der Waals surface area contributed by atoms with Gasteiger partial charge in [-0.15, -0.1) is 0 Å². The molecule has 32 heavy (non-hydrogen) atoms. The Kier molecular flexibility index (Phi) is 8.72. The molecule has 0 aliphatic heterocycles. The molecule has 1 fully saturated rings. The van der Waals surface area contributed by atoms with Crippen LogP contribution in [-0.2, 0) is 16.1 Å². The number of rotatable bonds is 9. The Morgan fingerprint density at radius 3 is 2.41 bits per heavy atom. The third-order valence-electron chi connectivity index (χ3n) is 6.16. The van der Waals surface area contributed by atoms with E-state index in [4.69, 9.17) is 4.74 Å². The summed E-state index contributed by atoms with van der Waals surface area (Å²) in [5, 5.41) is 3.21. The summed E-state index contributed by atoms with van der Waals surface area (Å²) in [4.78, 5) is 28.2. The van der Waals surface area contributed by atoms with Gasteiger partial charge in [0.25, 0.3) is 5.91 Å². The minimum absolute atomic E-state index is 0.0595. The van der Waals surface area contributed by atoms with Gasteiger partial charge in [-0.2, -0.15) is 0 Å². The normalized spacial score (nSPS) is 15.1. The van der Waals surface area contributed by atoms with Crippen molar-refractivity contribution in [2.75, 3.05) is 6.61 Å². The van der Waals surface area contributed by atoms with Crippen molar-refractivity contribution in [2.45, 2.75) is 77.9 Å². The summed E-state index contributed by atoms with van der Waals surface area (Å²) >= 11 is 0. The van der Waals surface area contributed by atoms with E-state index in [2.05, 4.69) is 11.4 Å². The van der Waals surface area contributed by atoms with Crippen LogP contribution >= 0.6 is 0 Å². The zero-order valence-electron chi connectivity index (χ0n) is 19.6. The van der Waals surface area contributed by atoms with E-state index in [1.807, 2.05) is 63.2 Å². The van der Waals surface area contributed by atoms with E-state index in [1.165, 1.54) is 6.42 Å². The highest BCUT2D eigenvalue weighted by Gasteiger charge is 2.30. The fourth-order valence-corrected chi connectivity index (χ4v) is 4.33. The second-order valence-electron chi connectivity index (χ2n) is 8.88. The molecule has 1 aliphatic carbocycles. The molecule has 0 unspecified atom stereocenters. The first kappa shape index (κ1) is 23.8. The summed E-state index contributed by atoms with van der Waals surface area (Å²) in [7, 11) is 0. The van der Waals surface area contributed by atoms with Crippen molar-refractivity contribution in [3.05, 3.63) is 65.2 Å². The minimum Gasteiger partial charge on any atom is -0.484 e. The molecule has 0 saturated heterocycles. The van der Waals surface area contributed by atoms with E-state index in [0.29, 0.717) is 18.7 Å². The molecule has 172 valence electrons. The average molecular weight is 437 g/mol. The zero-order chi connectivity index (χ0) is 22.9. The SMILES string of the molecule is CC[C@H](C(=O)NC1CCCCC1)N(Cc1cccc(C)c1)C(=O)COc1ccc(C)cc1. The molecule has 1 aliphatic rings. The molecule has 0 aromatic heterocycles. The Labute approximate surface area is 192 Å². The van der Waals surface area contributed by atoms with E-state index in [9.17, 15) is 9.59 Å². The number of benzene rings is 2. The summed E-state index contributed by atoms with van der Waals surface area (Å²) in [6.07, 6.45) is 6.13. The molecule has 0 spiro atoms. The molecule has 1 N–H and O–H groups in total. The van der Waals surface area contributed by atoms with E-state index in [0.717, 1.165) is 42.4 Å². The Hall–Kier alpha value is -2.82. The van der Waals surface area contributed by atoms with Crippen LogP contribution in [0.25, 0.3) is 0 Å². The molecule has 1 atom stereocenters. The maximum Gasteiger partial charge on any atom is 0.261 e. The lowest BCUT2D eigenvalue weighted by Gasteiger charge is -2.32. The van der Waals surface area contributed by atoms with Gasteiger partial charge in [0.2, 0.25) is 5.91 Å². The highest BCUT2D eigenvalue weighted by atomic mass is 16.5. The first-order chi connectivity index (χ1) is 15.5. The Balaban J connectivity index is 1.74. The quantitative estimate of drug-likeness (QED) is 0.606. The van der Waals surface area contributed by atoms with Crippen molar-refractivity contribution in [1.29, 1.82) is 0 Å². The van der Waals surface area contributed by atoms with Crippen LogP contribution in [0, 0.1) is 13.8 Å². The van der Waals surface area contributed by atoms with Crippen LogP contribution in [-0.4, -0.2) is 35.4 Å². The topological polar surface area (TPSA) is 58.6 Å². The fourth-order valence-electron chi connectivity index (χ4n) is 4.33. The van der Waals surface area contributed by atoms with Crippen molar-refractivity contribution < 1.29 is 14.3 Å². The molecular formula is C27H36N2O3. The van der Waals surface area contributed by atoms with Gasteiger partial charge in [0.05, 0.1) is 0 Å². The highest BCUT2D eigenvalue weighted by molar-refractivity contribution is 5.88. The Morgan fingerprint density at radius 2 is 1.75 bits per heavy atom. The number of nitrogens with one attached hydrogen (secondary N) is 1. The minimum atomic E-state index is -0.522. The smallest absolute Gasteiger partial charge is 0.261 e. The number of hydrogen-bond donors (Lipinski definition) is 1. The first-order valence-corrected chi connectivity index (χ1v) is 11.8. The van der Waals surface area contributed by atoms with Crippen LogP contribution in [0.4, 0.5) is 0 Å². The van der Waals surface area contributed by atoms with Gasteiger partial charge in [-0.1, -0.05) is 73.7 Å². The van der Waals surface area contributed by atoms with E-state index in [-0.39, 0.29) is 24.5 Å². The second kappa shape index (κ2) is 11.7. The second-order valence-corrected chi connectivity index (χ2v) is 8.88. The fraction of sp³-hybridized carbons (Fsp3) is 0.481. The molecule has 0 bridgehead atoms. The van der Waals surface area contributed by atoms with Crippen molar-refractivity contribution in [3.8, 4) is 5.75 Å². The van der Waals surface area contributed by atoms with Gasteiger partial charge < -0.3 is 15.0 Å². The molecule has 3 rings (SSSR count). The van der Waals surface area contributed by atoms with E-state index < -0.39 is 6.04 Å². The molecule has 2 amide bonds. The largest absolute Gasteiger partial charge is 0.484 e. The third kappa shape index (κ3) is 6.84. The number of nitrogens with zero attached hydrogens (tertiary/aromatic N) is 1. The molecule has 2 aromatic carbocycles. The lowest BCUT2D eigenvalue weighted by atomic mass is 9.95. The summed E-state index contributed by atoms with van der Waals surface area (Å²) < 4.78 is 5.77. The molecule has 0 radical (unpaired) electrons. The predicted octanol–water partition coefficient (Wildman–Crippen LogP) is 4.94. The summed E-state index contributed by atoms with van der Waals surface area (Å²) in [5.41, 5.74) is 3.28. The van der Waals surface area contributed by atoms with Crippen LogP contribution in [0.1, 0.15) is 62.1 Å². The van der Waals surface area contributed by atoms with Gasteiger partial charge in [0.15, 0.2) is 6.61 Å². The number of ether oxygens (including phenoxy) is 1. The predicted molar refractivity (Wildman–Crippen MR) is 127 cm³/mol. The van der Waals surface area contributed by atoms with E-state index in [1.54, 1.807) is 4.90 Å². The monoisotopic (exact) mass is 436 g/mol. The molecule has 1 saturated carbocycles. The first-order valence-electron chi connectivity index (χ1n) is 11.8. The number of hydrogen-bond acceptors (Lipinski definition) is 3. The lowest BCUT2D eigenvalue weighted by molar-refractivity contribution is -0.143. The van der Waals surface area contributed by atoms with Crippen LogP contribution in [0.15, 0.2) is 48.5 Å². The molecule has 0 heterocycles. The number of aryl methyl sites for hydroxylation is 2. The Morgan fingerprint density at radius 1 is 1.03 bits per heavy atom. The standard InChI is InChI=1S/C27H36N2O3/c1-4-25(27(31)28-23-11-6-5-7-12-23)29(18-22-10-8-9-21(3)17-22)26(30)19-32-24-15-13-20(2)14-16-24/h8-10,13-17,23,25H,4-7,11-12,18-19H2,1-3H3,(H,28,31)/t25-/m1/s1. The van der Waals surface area contributed by atoms with Crippen molar-refractivity contribution in [2.24, 2.45) is 0 Å². The van der Waals surface area contributed by atoms with Gasteiger partial charge in [0, 0.05) is 12.6 Å². The number of carbonyl (C=O) groups excluding carboxylic acids is 2. The van der Waals surface area contributed by atoms with Crippen molar-refractivity contribution >= 4 is 11.8 Å². The molecule has 5 heteroatoms. The van der Waals surface area contributed by atoms with Gasteiger partial charge in [0.1, 0.15) is 11.8 Å². The number of amides is 2. The van der Waals surface area contributed by atoms with Crippen LogP contribution in [0.5, 0.6) is 5.75 Å².